The topological polar surface area (TPSA) is 64.7 Å². The summed E-state index contributed by atoms with van der Waals surface area (Å²) in [7, 11) is 0. The molecule has 0 bridgehead atoms. The first-order valence-electron chi connectivity index (χ1n) is 6.00. The summed E-state index contributed by atoms with van der Waals surface area (Å²) >= 11 is 0. The normalized spacial score (nSPS) is 15.1. The van der Waals surface area contributed by atoms with Crippen molar-refractivity contribution in [3.05, 3.63) is 53.6 Å². The summed E-state index contributed by atoms with van der Waals surface area (Å²) in [6, 6.07) is 14.6. The minimum atomic E-state index is 0.895. The zero-order chi connectivity index (χ0) is 12.7. The molecule has 6 heteroatoms. The smallest absolute Gasteiger partial charge is 0.0910 e. The SMILES string of the molecule is c1ccc2c(c1)Cc1c-2cccc1N1N=NN=NN1. The molecular formula is C13H10N6. The van der Waals surface area contributed by atoms with E-state index < -0.39 is 0 Å². The Morgan fingerprint density at radius 2 is 1.84 bits per heavy atom. The summed E-state index contributed by atoms with van der Waals surface area (Å²) in [4.78, 5) is 0. The van der Waals surface area contributed by atoms with Gasteiger partial charge in [-0.05, 0) is 49.2 Å². The highest BCUT2D eigenvalue weighted by molar-refractivity contribution is 5.82. The molecule has 2 aromatic rings. The van der Waals surface area contributed by atoms with E-state index in [0.717, 1.165) is 12.1 Å². The minimum absolute atomic E-state index is 0.895. The third-order valence-electron chi connectivity index (χ3n) is 3.41. The Morgan fingerprint density at radius 3 is 2.74 bits per heavy atom. The van der Waals surface area contributed by atoms with Gasteiger partial charge < -0.3 is 0 Å². The van der Waals surface area contributed by atoms with Gasteiger partial charge in [-0.2, -0.15) is 5.53 Å². The van der Waals surface area contributed by atoms with E-state index in [9.17, 15) is 0 Å². The Morgan fingerprint density at radius 1 is 0.947 bits per heavy atom. The van der Waals surface area contributed by atoms with Crippen LogP contribution in [-0.2, 0) is 6.42 Å². The average molecular weight is 250 g/mol. The predicted octanol–water partition coefficient (Wildman–Crippen LogP) is 3.23. The van der Waals surface area contributed by atoms with E-state index >= 15 is 0 Å². The van der Waals surface area contributed by atoms with Crippen LogP contribution in [0.25, 0.3) is 11.1 Å². The second-order valence-electron chi connectivity index (χ2n) is 4.42. The lowest BCUT2D eigenvalue weighted by molar-refractivity contribution is 0.551. The molecule has 0 unspecified atom stereocenters. The van der Waals surface area contributed by atoms with Gasteiger partial charge in [0.05, 0.1) is 5.69 Å². The number of anilines is 1. The van der Waals surface area contributed by atoms with Gasteiger partial charge in [-0.15, -0.1) is 5.12 Å². The van der Waals surface area contributed by atoms with Crippen LogP contribution in [0.4, 0.5) is 5.69 Å². The van der Waals surface area contributed by atoms with Crippen LogP contribution in [0, 0.1) is 0 Å². The number of nitrogens with one attached hydrogen (secondary N) is 1. The standard InChI is InChI=1S/C13H10N6/c1-2-5-10-9(4-1)8-12-11(10)6-3-7-13(12)19-17-15-14-16-18-19/h1-7H,8H2,(H,14,17,18). The van der Waals surface area contributed by atoms with Gasteiger partial charge in [0.15, 0.2) is 0 Å². The van der Waals surface area contributed by atoms with E-state index in [1.165, 1.54) is 27.4 Å². The highest BCUT2D eigenvalue weighted by atomic mass is 15.9. The summed E-state index contributed by atoms with van der Waals surface area (Å²) < 4.78 is 0. The van der Waals surface area contributed by atoms with Gasteiger partial charge in [0, 0.05) is 6.42 Å². The maximum absolute atomic E-state index is 3.93. The summed E-state index contributed by atoms with van der Waals surface area (Å²) in [5.74, 6) is 0. The minimum Gasteiger partial charge on any atom is -0.176 e. The number of benzene rings is 2. The third-order valence-corrected chi connectivity index (χ3v) is 3.41. The van der Waals surface area contributed by atoms with E-state index in [0.29, 0.717) is 0 Å². The summed E-state index contributed by atoms with van der Waals surface area (Å²) in [6.45, 7) is 0. The lowest BCUT2D eigenvalue weighted by Gasteiger charge is -2.19. The van der Waals surface area contributed by atoms with E-state index in [4.69, 9.17) is 0 Å². The van der Waals surface area contributed by atoms with Gasteiger partial charge in [0.2, 0.25) is 0 Å². The molecular weight excluding hydrogens is 240 g/mol. The fraction of sp³-hybridized carbons (Fsp3) is 0.0769. The van der Waals surface area contributed by atoms with Crippen LogP contribution in [0.3, 0.4) is 0 Å². The van der Waals surface area contributed by atoms with Crippen LogP contribution in [0.5, 0.6) is 0 Å². The van der Waals surface area contributed by atoms with Crippen LogP contribution in [0.15, 0.2) is 63.4 Å². The van der Waals surface area contributed by atoms with Gasteiger partial charge in [-0.1, -0.05) is 36.4 Å². The van der Waals surface area contributed by atoms with Crippen molar-refractivity contribution in [2.45, 2.75) is 6.42 Å². The van der Waals surface area contributed by atoms with E-state index in [1.54, 1.807) is 0 Å². The zero-order valence-electron chi connectivity index (χ0n) is 9.98. The molecule has 4 rings (SSSR count). The first-order valence-corrected chi connectivity index (χ1v) is 6.00. The summed E-state index contributed by atoms with van der Waals surface area (Å²) in [5, 5.41) is 16.1. The van der Waals surface area contributed by atoms with Crippen LogP contribution >= 0.6 is 0 Å². The molecule has 0 aromatic heterocycles. The van der Waals surface area contributed by atoms with Crippen molar-refractivity contribution in [1.82, 2.24) is 5.53 Å². The van der Waals surface area contributed by atoms with Crippen LogP contribution in [-0.4, -0.2) is 0 Å². The largest absolute Gasteiger partial charge is 0.176 e. The Kier molecular flexibility index (Phi) is 2.08. The monoisotopic (exact) mass is 250 g/mol. The number of hydrazine groups is 1. The number of hydrogen-bond donors (Lipinski definition) is 1. The molecule has 0 spiro atoms. The molecule has 2 aliphatic rings. The molecule has 0 atom stereocenters. The van der Waals surface area contributed by atoms with Crippen LogP contribution < -0.4 is 10.7 Å². The molecule has 92 valence electrons. The third kappa shape index (κ3) is 1.50. The van der Waals surface area contributed by atoms with E-state index in [1.807, 2.05) is 12.1 Å². The van der Waals surface area contributed by atoms with E-state index in [-0.39, 0.29) is 0 Å². The van der Waals surface area contributed by atoms with E-state index in [2.05, 4.69) is 56.8 Å². The Bertz CT molecular complexity index is 706. The lowest BCUT2D eigenvalue weighted by atomic mass is 10.1. The Labute approximate surface area is 109 Å². The first-order chi connectivity index (χ1) is 9.43. The molecule has 2 aromatic carbocycles. The van der Waals surface area contributed by atoms with Crippen molar-refractivity contribution in [3.8, 4) is 11.1 Å². The number of fused-ring (bicyclic) bond motifs is 3. The van der Waals surface area contributed by atoms with Crippen molar-refractivity contribution in [2.75, 3.05) is 5.12 Å². The second-order valence-corrected chi connectivity index (χ2v) is 4.42. The van der Waals surface area contributed by atoms with Gasteiger partial charge in [-0.3, -0.25) is 0 Å². The van der Waals surface area contributed by atoms with Gasteiger partial charge in [0.25, 0.3) is 0 Å². The molecule has 0 amide bonds. The van der Waals surface area contributed by atoms with Crippen molar-refractivity contribution in [1.29, 1.82) is 0 Å². The van der Waals surface area contributed by atoms with Crippen molar-refractivity contribution >= 4 is 5.69 Å². The zero-order valence-corrected chi connectivity index (χ0v) is 9.98. The fourth-order valence-corrected chi connectivity index (χ4v) is 2.60. The summed E-state index contributed by atoms with van der Waals surface area (Å²) in [5.41, 5.74) is 8.77. The molecule has 1 aliphatic carbocycles. The van der Waals surface area contributed by atoms with Gasteiger partial charge >= 0.3 is 0 Å². The molecule has 0 radical (unpaired) electrons. The molecule has 0 saturated heterocycles. The maximum atomic E-state index is 3.93. The van der Waals surface area contributed by atoms with Crippen molar-refractivity contribution < 1.29 is 0 Å². The molecule has 19 heavy (non-hydrogen) atoms. The highest BCUT2D eigenvalue weighted by Gasteiger charge is 2.23. The van der Waals surface area contributed by atoms with Gasteiger partial charge in [-0.25, -0.2) is 0 Å². The highest BCUT2D eigenvalue weighted by Crippen LogP contribution is 2.41. The Balaban J connectivity index is 1.85. The fourth-order valence-electron chi connectivity index (χ4n) is 2.60. The number of nitrogens with zero attached hydrogens (tertiary/aromatic N) is 5. The molecule has 0 fully saturated rings. The van der Waals surface area contributed by atoms with Crippen LogP contribution in [0.2, 0.25) is 0 Å². The molecule has 6 nitrogen and oxygen atoms in total. The number of rotatable bonds is 1. The molecule has 0 saturated carbocycles. The quantitative estimate of drug-likeness (QED) is 0.720. The summed E-state index contributed by atoms with van der Waals surface area (Å²) in [6.07, 6.45) is 0.895. The number of hydrogen-bond acceptors (Lipinski definition) is 6. The predicted molar refractivity (Wildman–Crippen MR) is 70.0 cm³/mol. The first kappa shape index (κ1) is 10.2. The molecule has 1 aliphatic heterocycles. The second kappa shape index (κ2) is 3.88. The Hall–Kier alpha value is -2.76. The molecule has 1 N–H and O–H groups in total. The van der Waals surface area contributed by atoms with Crippen molar-refractivity contribution in [2.24, 2.45) is 20.9 Å². The maximum Gasteiger partial charge on any atom is 0.0910 e. The van der Waals surface area contributed by atoms with Crippen LogP contribution in [0.1, 0.15) is 11.1 Å². The molecule has 1 heterocycles. The van der Waals surface area contributed by atoms with Crippen molar-refractivity contribution in [3.63, 3.8) is 0 Å². The average Bonchev–Trinajstić information content (AvgIpc) is 2.87. The van der Waals surface area contributed by atoms with Gasteiger partial charge in [0.1, 0.15) is 0 Å². The lowest BCUT2D eigenvalue weighted by Crippen LogP contribution is -2.30.